The number of benzene rings is 1. The van der Waals surface area contributed by atoms with Gasteiger partial charge in [0.1, 0.15) is 5.03 Å². The molecule has 0 spiro atoms. The zero-order valence-corrected chi connectivity index (χ0v) is 16.7. The van der Waals surface area contributed by atoms with Gasteiger partial charge in [-0.3, -0.25) is 10.1 Å². The van der Waals surface area contributed by atoms with Gasteiger partial charge in [0.05, 0.1) is 17.0 Å². The summed E-state index contributed by atoms with van der Waals surface area (Å²) in [6.45, 7) is 6.21. The third-order valence-corrected chi connectivity index (χ3v) is 4.98. The number of aromatic nitrogens is 2. The van der Waals surface area contributed by atoms with Crippen molar-refractivity contribution in [3.05, 3.63) is 42.7 Å². The van der Waals surface area contributed by atoms with Crippen molar-refractivity contribution in [1.82, 2.24) is 20.6 Å². The van der Waals surface area contributed by atoms with Gasteiger partial charge in [-0.1, -0.05) is 43.8 Å². The van der Waals surface area contributed by atoms with E-state index >= 15 is 0 Å². The molecule has 146 valence electrons. The minimum atomic E-state index is -0.521. The van der Waals surface area contributed by atoms with E-state index < -0.39 is 11.3 Å². The molecule has 0 aliphatic heterocycles. The number of carbonyl (C=O) groups excluding carboxylic acids is 2. The number of para-hydroxylation sites is 1. The van der Waals surface area contributed by atoms with Crippen LogP contribution in [0.25, 0.3) is 22.5 Å². The lowest BCUT2D eigenvalue weighted by atomic mass is 10.2. The summed E-state index contributed by atoms with van der Waals surface area (Å²) in [4.78, 5) is 33.4. The van der Waals surface area contributed by atoms with Crippen molar-refractivity contribution >= 4 is 34.6 Å². The molecular weight excluding hydrogens is 376 g/mol. The van der Waals surface area contributed by atoms with Crippen LogP contribution in [0.2, 0.25) is 0 Å². The summed E-state index contributed by atoms with van der Waals surface area (Å²) in [5.41, 5.74) is 0.758. The topological polar surface area (TPSA) is 97.1 Å². The quantitative estimate of drug-likeness (QED) is 0.483. The summed E-state index contributed by atoms with van der Waals surface area (Å²) in [6, 6.07) is 10.6. The van der Waals surface area contributed by atoms with Gasteiger partial charge in [-0.15, -0.1) is 0 Å². The Morgan fingerprint density at radius 3 is 2.61 bits per heavy atom. The van der Waals surface area contributed by atoms with Crippen LogP contribution in [0, 0.1) is 5.92 Å². The smallest absolute Gasteiger partial charge is 0.321 e. The van der Waals surface area contributed by atoms with E-state index in [4.69, 9.17) is 4.42 Å². The number of imide groups is 1. The van der Waals surface area contributed by atoms with Crippen LogP contribution in [-0.4, -0.2) is 33.7 Å². The normalized spacial score (nSPS) is 12.1. The summed E-state index contributed by atoms with van der Waals surface area (Å²) >= 11 is 1.27. The Hall–Kier alpha value is -2.87. The summed E-state index contributed by atoms with van der Waals surface area (Å²) in [7, 11) is 0. The minimum absolute atomic E-state index is 0.306. The molecule has 28 heavy (non-hydrogen) atoms. The minimum Gasteiger partial charge on any atom is -0.461 e. The van der Waals surface area contributed by atoms with E-state index in [9.17, 15) is 9.59 Å². The second kappa shape index (κ2) is 8.88. The number of hydrogen-bond acceptors (Lipinski definition) is 6. The van der Waals surface area contributed by atoms with Crippen molar-refractivity contribution in [2.24, 2.45) is 5.92 Å². The second-order valence-corrected chi connectivity index (χ2v) is 8.03. The molecule has 0 saturated carbocycles. The number of nitrogens with zero attached hydrogens (tertiary/aromatic N) is 2. The first-order chi connectivity index (χ1) is 13.4. The Labute approximate surface area is 167 Å². The highest BCUT2D eigenvalue weighted by atomic mass is 32.2. The van der Waals surface area contributed by atoms with E-state index in [1.165, 1.54) is 11.8 Å². The van der Waals surface area contributed by atoms with E-state index in [0.29, 0.717) is 29.1 Å². The van der Waals surface area contributed by atoms with Crippen LogP contribution in [0.4, 0.5) is 4.79 Å². The number of furan rings is 1. The molecule has 2 aromatic heterocycles. The highest BCUT2D eigenvalue weighted by molar-refractivity contribution is 8.00. The van der Waals surface area contributed by atoms with Gasteiger partial charge in [0.15, 0.2) is 11.6 Å². The average Bonchev–Trinajstić information content (AvgIpc) is 3.21. The van der Waals surface area contributed by atoms with Gasteiger partial charge in [0, 0.05) is 11.9 Å². The lowest BCUT2D eigenvalue weighted by Gasteiger charge is -2.14. The number of thioether (sulfide) groups is 1. The standard InChI is InChI=1S/C20H22N4O3S/c1-12(2)11-21-20(26)24-18(25)13(3)28-19-14-7-4-5-8-15(14)22-17(23-19)16-9-6-10-27-16/h4-10,12-13H,11H2,1-3H3,(H2,21,24,25,26). The van der Waals surface area contributed by atoms with Gasteiger partial charge < -0.3 is 9.73 Å². The molecule has 0 saturated heterocycles. The molecule has 1 aromatic carbocycles. The van der Waals surface area contributed by atoms with Crippen LogP contribution in [0.15, 0.2) is 52.1 Å². The number of urea groups is 1. The van der Waals surface area contributed by atoms with Crippen LogP contribution in [-0.2, 0) is 4.79 Å². The molecule has 1 atom stereocenters. The van der Waals surface area contributed by atoms with Gasteiger partial charge >= 0.3 is 6.03 Å². The monoisotopic (exact) mass is 398 g/mol. The highest BCUT2D eigenvalue weighted by Gasteiger charge is 2.20. The summed E-state index contributed by atoms with van der Waals surface area (Å²) in [5, 5.41) is 6.02. The van der Waals surface area contributed by atoms with Crippen LogP contribution in [0.3, 0.4) is 0 Å². The molecule has 0 bridgehead atoms. The number of hydrogen-bond donors (Lipinski definition) is 2. The maximum absolute atomic E-state index is 12.4. The van der Waals surface area contributed by atoms with E-state index in [2.05, 4.69) is 20.6 Å². The van der Waals surface area contributed by atoms with Crippen molar-refractivity contribution in [3.63, 3.8) is 0 Å². The van der Waals surface area contributed by atoms with Gasteiger partial charge in [0.2, 0.25) is 5.91 Å². The molecule has 3 rings (SSSR count). The van der Waals surface area contributed by atoms with Gasteiger partial charge in [-0.25, -0.2) is 14.8 Å². The average molecular weight is 398 g/mol. The maximum atomic E-state index is 12.4. The fourth-order valence-corrected chi connectivity index (χ4v) is 3.37. The van der Waals surface area contributed by atoms with Gasteiger partial charge in [-0.05, 0) is 31.0 Å². The molecule has 0 radical (unpaired) electrons. The Kier molecular flexibility index (Phi) is 6.30. The Morgan fingerprint density at radius 1 is 1.11 bits per heavy atom. The summed E-state index contributed by atoms with van der Waals surface area (Å²) in [6.07, 6.45) is 1.56. The Balaban J connectivity index is 1.79. The predicted octanol–water partition coefficient (Wildman–Crippen LogP) is 3.85. The van der Waals surface area contributed by atoms with Crippen LogP contribution < -0.4 is 10.6 Å². The summed E-state index contributed by atoms with van der Waals surface area (Å²) < 4.78 is 5.41. The molecule has 0 aliphatic rings. The van der Waals surface area contributed by atoms with Crippen molar-refractivity contribution in [2.45, 2.75) is 31.0 Å². The lowest BCUT2D eigenvalue weighted by molar-refractivity contribution is -0.119. The maximum Gasteiger partial charge on any atom is 0.321 e. The van der Waals surface area contributed by atoms with Crippen molar-refractivity contribution in [3.8, 4) is 11.6 Å². The van der Waals surface area contributed by atoms with Crippen molar-refractivity contribution < 1.29 is 14.0 Å². The number of rotatable bonds is 6. The first-order valence-electron chi connectivity index (χ1n) is 9.00. The van der Waals surface area contributed by atoms with Crippen LogP contribution >= 0.6 is 11.8 Å². The summed E-state index contributed by atoms with van der Waals surface area (Å²) in [5.74, 6) is 0.930. The molecule has 0 fully saturated rings. The number of amides is 3. The first kappa shape index (κ1) is 19.9. The number of carbonyl (C=O) groups is 2. The van der Waals surface area contributed by atoms with Crippen LogP contribution in [0.1, 0.15) is 20.8 Å². The molecule has 8 heteroatoms. The Morgan fingerprint density at radius 2 is 1.89 bits per heavy atom. The van der Waals surface area contributed by atoms with E-state index in [-0.39, 0.29) is 5.91 Å². The van der Waals surface area contributed by atoms with Crippen LogP contribution in [0.5, 0.6) is 0 Å². The molecule has 3 aromatic rings. The predicted molar refractivity (Wildman–Crippen MR) is 109 cm³/mol. The third-order valence-electron chi connectivity index (χ3n) is 3.88. The zero-order chi connectivity index (χ0) is 20.1. The van der Waals surface area contributed by atoms with Gasteiger partial charge in [0.25, 0.3) is 0 Å². The SMILES string of the molecule is CC(C)CNC(=O)NC(=O)C(C)Sc1nc(-c2ccco2)nc2ccccc12. The van der Waals surface area contributed by atoms with Gasteiger partial charge in [-0.2, -0.15) is 0 Å². The highest BCUT2D eigenvalue weighted by Crippen LogP contribution is 2.31. The molecule has 1 unspecified atom stereocenters. The number of nitrogens with one attached hydrogen (secondary N) is 2. The van der Waals surface area contributed by atoms with E-state index in [1.807, 2.05) is 38.1 Å². The van der Waals surface area contributed by atoms with E-state index in [0.717, 1.165) is 10.9 Å². The molecule has 3 amide bonds. The fraction of sp³-hybridized carbons (Fsp3) is 0.300. The lowest BCUT2D eigenvalue weighted by Crippen LogP contribution is -2.43. The molecule has 0 aliphatic carbocycles. The molecule has 2 heterocycles. The molecule has 7 nitrogen and oxygen atoms in total. The Bertz CT molecular complexity index is 973. The van der Waals surface area contributed by atoms with Crippen molar-refractivity contribution in [2.75, 3.05) is 6.54 Å². The second-order valence-electron chi connectivity index (χ2n) is 6.70. The largest absolute Gasteiger partial charge is 0.461 e. The zero-order valence-electron chi connectivity index (χ0n) is 15.9. The first-order valence-corrected chi connectivity index (χ1v) is 9.88. The fourth-order valence-electron chi connectivity index (χ4n) is 2.43. The van der Waals surface area contributed by atoms with Crippen molar-refractivity contribution in [1.29, 1.82) is 0 Å². The third kappa shape index (κ3) is 4.89. The van der Waals surface area contributed by atoms with E-state index in [1.54, 1.807) is 25.3 Å². The molecule has 2 N–H and O–H groups in total. The number of fused-ring (bicyclic) bond motifs is 1. The molecular formula is C20H22N4O3S.